The molecular formula is C18H26N4O3S. The lowest BCUT2D eigenvalue weighted by Gasteiger charge is -2.33. The standard InChI is InChI=1S/C18H26N4O3S/c1-3-21(11-14-5-4-10-26-14)12-15(23)20-22-16(24)18(19-17(22)25)8-6-13(2)7-9-18/h4-5,10,13H,3,6-9,11-12H2,1-2H3,(H,19,25)(H,20,23). The van der Waals surface area contributed by atoms with Gasteiger partial charge in [0.1, 0.15) is 5.54 Å². The van der Waals surface area contributed by atoms with Crippen LogP contribution in [0, 0.1) is 5.92 Å². The Kier molecular flexibility index (Phi) is 5.62. The lowest BCUT2D eigenvalue weighted by Crippen LogP contribution is -2.52. The first kappa shape index (κ1) is 18.8. The molecule has 1 saturated carbocycles. The topological polar surface area (TPSA) is 81.8 Å². The minimum absolute atomic E-state index is 0.134. The molecule has 7 nitrogen and oxygen atoms in total. The summed E-state index contributed by atoms with van der Waals surface area (Å²) >= 11 is 1.64. The van der Waals surface area contributed by atoms with Gasteiger partial charge in [-0.05, 0) is 49.6 Å². The van der Waals surface area contributed by atoms with Crippen LogP contribution in [0.15, 0.2) is 17.5 Å². The summed E-state index contributed by atoms with van der Waals surface area (Å²) in [5.41, 5.74) is 1.67. The maximum absolute atomic E-state index is 12.8. The third-order valence-electron chi connectivity index (χ3n) is 5.30. The third kappa shape index (κ3) is 3.91. The van der Waals surface area contributed by atoms with Crippen molar-refractivity contribution in [2.24, 2.45) is 5.92 Å². The van der Waals surface area contributed by atoms with Crippen LogP contribution in [0.1, 0.15) is 44.4 Å². The highest BCUT2D eigenvalue weighted by atomic mass is 32.1. The second kappa shape index (κ2) is 7.75. The second-order valence-electron chi connectivity index (χ2n) is 7.25. The number of rotatable bonds is 6. The van der Waals surface area contributed by atoms with Crippen molar-refractivity contribution in [3.63, 3.8) is 0 Å². The van der Waals surface area contributed by atoms with E-state index in [2.05, 4.69) is 17.7 Å². The van der Waals surface area contributed by atoms with Gasteiger partial charge in [-0.1, -0.05) is 19.9 Å². The number of carbonyl (C=O) groups is 3. The molecule has 0 unspecified atom stereocenters. The number of hydrogen-bond donors (Lipinski definition) is 2. The normalized spacial score (nSPS) is 25.8. The highest BCUT2D eigenvalue weighted by Crippen LogP contribution is 2.35. The van der Waals surface area contributed by atoms with Crippen molar-refractivity contribution in [2.45, 2.75) is 51.6 Å². The van der Waals surface area contributed by atoms with Crippen LogP contribution in [0.5, 0.6) is 0 Å². The third-order valence-corrected chi connectivity index (χ3v) is 6.16. The van der Waals surface area contributed by atoms with Crippen molar-refractivity contribution in [3.8, 4) is 0 Å². The average molecular weight is 378 g/mol. The number of urea groups is 1. The van der Waals surface area contributed by atoms with Crippen molar-refractivity contribution < 1.29 is 14.4 Å². The molecule has 1 aromatic heterocycles. The zero-order valence-electron chi connectivity index (χ0n) is 15.3. The first-order chi connectivity index (χ1) is 12.4. The summed E-state index contributed by atoms with van der Waals surface area (Å²) < 4.78 is 0. The van der Waals surface area contributed by atoms with E-state index in [0.29, 0.717) is 31.8 Å². The predicted octanol–water partition coefficient (Wildman–Crippen LogP) is 2.10. The molecule has 0 aromatic carbocycles. The maximum atomic E-state index is 12.8. The number of hydrazine groups is 1. The quantitative estimate of drug-likeness (QED) is 0.743. The Bertz CT molecular complexity index is 668. The summed E-state index contributed by atoms with van der Waals surface area (Å²) in [5, 5.41) is 5.68. The fourth-order valence-electron chi connectivity index (χ4n) is 3.58. The van der Waals surface area contributed by atoms with Crippen LogP contribution in [-0.2, 0) is 16.1 Å². The summed E-state index contributed by atoms with van der Waals surface area (Å²) in [7, 11) is 0. The number of amides is 4. The van der Waals surface area contributed by atoms with E-state index < -0.39 is 11.6 Å². The van der Waals surface area contributed by atoms with Crippen molar-refractivity contribution >= 4 is 29.2 Å². The van der Waals surface area contributed by atoms with Gasteiger partial charge in [-0.3, -0.25) is 19.9 Å². The fourth-order valence-corrected chi connectivity index (χ4v) is 4.33. The molecule has 1 aliphatic carbocycles. The van der Waals surface area contributed by atoms with Crippen molar-refractivity contribution in [3.05, 3.63) is 22.4 Å². The Morgan fingerprint density at radius 3 is 2.77 bits per heavy atom. The fraction of sp³-hybridized carbons (Fsp3) is 0.611. The van der Waals surface area contributed by atoms with E-state index in [1.807, 2.05) is 29.3 Å². The van der Waals surface area contributed by atoms with Crippen LogP contribution in [0.2, 0.25) is 0 Å². The van der Waals surface area contributed by atoms with Gasteiger partial charge >= 0.3 is 6.03 Å². The smallest absolute Gasteiger partial charge is 0.322 e. The molecule has 0 bridgehead atoms. The Morgan fingerprint density at radius 2 is 2.15 bits per heavy atom. The molecule has 3 rings (SSSR count). The van der Waals surface area contributed by atoms with Crippen LogP contribution in [0.4, 0.5) is 4.79 Å². The van der Waals surface area contributed by atoms with Crippen LogP contribution in [0.3, 0.4) is 0 Å². The second-order valence-corrected chi connectivity index (χ2v) is 8.29. The highest BCUT2D eigenvalue weighted by molar-refractivity contribution is 7.09. The van der Waals surface area contributed by atoms with Gasteiger partial charge in [0.2, 0.25) is 0 Å². The maximum Gasteiger partial charge on any atom is 0.344 e. The molecule has 0 atom stereocenters. The molecule has 2 heterocycles. The van der Waals surface area contributed by atoms with Gasteiger partial charge in [0.05, 0.1) is 6.54 Å². The lowest BCUT2D eigenvalue weighted by atomic mass is 9.77. The SMILES string of the molecule is CCN(CC(=O)NN1C(=O)NC2(CCC(C)CC2)C1=O)Cc1cccs1. The van der Waals surface area contributed by atoms with E-state index in [9.17, 15) is 14.4 Å². The summed E-state index contributed by atoms with van der Waals surface area (Å²) in [6.07, 6.45) is 3.06. The zero-order chi connectivity index (χ0) is 18.7. The number of nitrogens with one attached hydrogen (secondary N) is 2. The van der Waals surface area contributed by atoms with Crippen molar-refractivity contribution in [1.29, 1.82) is 0 Å². The van der Waals surface area contributed by atoms with Crippen LogP contribution in [0.25, 0.3) is 0 Å². The van der Waals surface area contributed by atoms with Gasteiger partial charge in [0.25, 0.3) is 11.8 Å². The summed E-state index contributed by atoms with van der Waals surface area (Å²) in [4.78, 5) is 40.5. The molecule has 4 amide bonds. The molecule has 1 aliphatic heterocycles. The van der Waals surface area contributed by atoms with Gasteiger partial charge in [-0.2, -0.15) is 5.01 Å². The Labute approximate surface area is 157 Å². The first-order valence-corrected chi connectivity index (χ1v) is 10.0. The summed E-state index contributed by atoms with van der Waals surface area (Å²) in [5.74, 6) is -0.124. The van der Waals surface area contributed by atoms with Gasteiger partial charge in [-0.15, -0.1) is 11.3 Å². The summed E-state index contributed by atoms with van der Waals surface area (Å²) in [6.45, 7) is 5.64. The van der Waals surface area contributed by atoms with Crippen LogP contribution < -0.4 is 10.7 Å². The van der Waals surface area contributed by atoms with Crippen molar-refractivity contribution in [2.75, 3.05) is 13.1 Å². The summed E-state index contributed by atoms with van der Waals surface area (Å²) in [6, 6.07) is 3.47. The number of carbonyl (C=O) groups excluding carboxylic acids is 3. The average Bonchev–Trinajstić information content (AvgIpc) is 3.20. The molecule has 0 radical (unpaired) electrons. The first-order valence-electron chi connectivity index (χ1n) is 9.14. The Balaban J connectivity index is 1.58. The van der Waals surface area contributed by atoms with Crippen LogP contribution >= 0.6 is 11.3 Å². The molecule has 2 fully saturated rings. The van der Waals surface area contributed by atoms with Gasteiger partial charge in [0, 0.05) is 11.4 Å². The van der Waals surface area contributed by atoms with E-state index in [4.69, 9.17) is 0 Å². The van der Waals surface area contributed by atoms with Gasteiger partial charge in [0.15, 0.2) is 0 Å². The molecule has 2 N–H and O–H groups in total. The minimum Gasteiger partial charge on any atom is -0.322 e. The molecule has 1 spiro atoms. The Morgan fingerprint density at radius 1 is 1.42 bits per heavy atom. The molecule has 2 aliphatic rings. The lowest BCUT2D eigenvalue weighted by molar-refractivity contribution is -0.140. The number of likely N-dealkylation sites (N-methyl/N-ethyl adjacent to an activating group) is 1. The number of imide groups is 1. The molecule has 1 aromatic rings. The van der Waals surface area contributed by atoms with Crippen molar-refractivity contribution in [1.82, 2.24) is 20.7 Å². The molecule has 142 valence electrons. The zero-order valence-corrected chi connectivity index (χ0v) is 16.1. The molecular weight excluding hydrogens is 352 g/mol. The molecule has 1 saturated heterocycles. The van der Waals surface area contributed by atoms with E-state index in [1.165, 1.54) is 4.88 Å². The molecule has 8 heteroatoms. The molecule has 26 heavy (non-hydrogen) atoms. The monoisotopic (exact) mass is 378 g/mol. The number of hydrogen-bond acceptors (Lipinski definition) is 5. The van der Waals surface area contributed by atoms with Crippen LogP contribution in [-0.4, -0.2) is 46.4 Å². The van der Waals surface area contributed by atoms with Gasteiger partial charge < -0.3 is 5.32 Å². The van der Waals surface area contributed by atoms with E-state index in [-0.39, 0.29) is 18.4 Å². The number of nitrogens with zero attached hydrogens (tertiary/aromatic N) is 2. The Hall–Kier alpha value is -1.93. The largest absolute Gasteiger partial charge is 0.344 e. The predicted molar refractivity (Wildman–Crippen MR) is 99.2 cm³/mol. The van der Waals surface area contributed by atoms with E-state index in [0.717, 1.165) is 17.9 Å². The van der Waals surface area contributed by atoms with Gasteiger partial charge in [-0.25, -0.2) is 4.79 Å². The minimum atomic E-state index is -0.835. The van der Waals surface area contributed by atoms with E-state index >= 15 is 0 Å². The highest BCUT2D eigenvalue weighted by Gasteiger charge is 2.52. The number of thiophene rings is 1. The van der Waals surface area contributed by atoms with E-state index in [1.54, 1.807) is 11.3 Å².